The lowest BCUT2D eigenvalue weighted by Crippen LogP contribution is -2.13. The van der Waals surface area contributed by atoms with Crippen molar-refractivity contribution in [3.63, 3.8) is 0 Å². The van der Waals surface area contributed by atoms with Gasteiger partial charge in [-0.15, -0.1) is 0 Å². The minimum atomic E-state index is -0.763. The van der Waals surface area contributed by atoms with E-state index in [-0.39, 0.29) is 0 Å². The average molecular weight is 326 g/mol. The van der Waals surface area contributed by atoms with Gasteiger partial charge in [0.25, 0.3) is 0 Å². The fourth-order valence-corrected chi connectivity index (χ4v) is 2.40. The molecule has 2 aromatic rings. The molecule has 1 unspecified atom stereocenters. The van der Waals surface area contributed by atoms with Gasteiger partial charge in [-0.25, -0.2) is 0 Å². The molecule has 0 bridgehead atoms. The van der Waals surface area contributed by atoms with Crippen molar-refractivity contribution >= 4 is 15.9 Å². The molecule has 0 aromatic carbocycles. The minimum Gasteiger partial charge on any atom is -0.383 e. The highest BCUT2D eigenvalue weighted by Crippen LogP contribution is 2.28. The number of rotatable bonds is 5. The van der Waals surface area contributed by atoms with Gasteiger partial charge in [0.05, 0.1) is 29.5 Å². The van der Waals surface area contributed by atoms with Gasteiger partial charge in [0.1, 0.15) is 6.10 Å². The van der Waals surface area contributed by atoms with E-state index in [1.807, 2.05) is 13.0 Å². The second-order valence-electron chi connectivity index (χ2n) is 4.29. The molecule has 0 spiro atoms. The lowest BCUT2D eigenvalue weighted by molar-refractivity contribution is 0.171. The van der Waals surface area contributed by atoms with Crippen molar-refractivity contribution < 1.29 is 9.84 Å². The van der Waals surface area contributed by atoms with Crippen LogP contribution in [0.4, 0.5) is 0 Å². The molecule has 0 aliphatic carbocycles. The monoisotopic (exact) mass is 325 g/mol. The second kappa shape index (κ2) is 6.27. The number of halogens is 1. The third-order valence-electron chi connectivity index (χ3n) is 2.81. The number of ether oxygens (including phenoxy) is 1. The second-order valence-corrected chi connectivity index (χ2v) is 5.15. The van der Waals surface area contributed by atoms with Gasteiger partial charge in [0.15, 0.2) is 0 Å². The lowest BCUT2D eigenvalue weighted by Gasteiger charge is -2.14. The molecule has 0 aliphatic heterocycles. The maximum absolute atomic E-state index is 10.5. The predicted octanol–water partition coefficient (Wildman–Crippen LogP) is 2.08. The molecule has 0 saturated carbocycles. The molecule has 2 heterocycles. The summed E-state index contributed by atoms with van der Waals surface area (Å²) in [5.41, 5.74) is 2.47. The molecule has 102 valence electrons. The molecule has 0 aliphatic rings. The number of aromatic nitrogens is 3. The quantitative estimate of drug-likeness (QED) is 0.914. The zero-order chi connectivity index (χ0) is 13.8. The van der Waals surface area contributed by atoms with Gasteiger partial charge in [0.2, 0.25) is 0 Å². The summed E-state index contributed by atoms with van der Waals surface area (Å²) in [6.45, 7) is 3.08. The van der Waals surface area contributed by atoms with Crippen molar-refractivity contribution in [2.45, 2.75) is 19.6 Å². The minimum absolute atomic E-state index is 0.542. The standard InChI is InChI=1S/C13H16BrN3O2/c1-9-5-10(7-15-6-9)13(18)12-11(14)8-16-17(12)3-4-19-2/h5-8,13,18H,3-4H2,1-2H3. The molecule has 19 heavy (non-hydrogen) atoms. The molecule has 2 aromatic heterocycles. The summed E-state index contributed by atoms with van der Waals surface area (Å²) in [6.07, 6.45) is 4.34. The largest absolute Gasteiger partial charge is 0.383 e. The number of aliphatic hydroxyl groups is 1. The van der Waals surface area contributed by atoms with Crippen LogP contribution in [0, 0.1) is 6.92 Å². The van der Waals surface area contributed by atoms with Crippen molar-refractivity contribution in [3.8, 4) is 0 Å². The Morgan fingerprint density at radius 2 is 2.21 bits per heavy atom. The van der Waals surface area contributed by atoms with Crippen LogP contribution in [-0.2, 0) is 11.3 Å². The molecule has 0 radical (unpaired) electrons. The zero-order valence-electron chi connectivity index (χ0n) is 10.9. The van der Waals surface area contributed by atoms with E-state index in [2.05, 4.69) is 26.0 Å². The van der Waals surface area contributed by atoms with E-state index >= 15 is 0 Å². The summed E-state index contributed by atoms with van der Waals surface area (Å²) in [4.78, 5) is 4.11. The highest BCUT2D eigenvalue weighted by atomic mass is 79.9. The Morgan fingerprint density at radius 3 is 2.89 bits per heavy atom. The normalized spacial score (nSPS) is 12.6. The molecule has 0 saturated heterocycles. The van der Waals surface area contributed by atoms with Crippen LogP contribution < -0.4 is 0 Å². The number of methoxy groups -OCH3 is 1. The molecule has 6 heteroatoms. The first kappa shape index (κ1) is 14.2. The SMILES string of the molecule is COCCn1ncc(Br)c1C(O)c1cncc(C)c1. The summed E-state index contributed by atoms with van der Waals surface area (Å²) < 4.78 is 7.56. The van der Waals surface area contributed by atoms with E-state index in [1.54, 1.807) is 30.4 Å². The molecule has 1 atom stereocenters. The van der Waals surface area contributed by atoms with Crippen LogP contribution in [0.3, 0.4) is 0 Å². The molecule has 1 N–H and O–H groups in total. The van der Waals surface area contributed by atoms with Crippen LogP contribution in [0.2, 0.25) is 0 Å². The van der Waals surface area contributed by atoms with Crippen molar-refractivity contribution in [2.75, 3.05) is 13.7 Å². The van der Waals surface area contributed by atoms with E-state index in [0.717, 1.165) is 15.6 Å². The van der Waals surface area contributed by atoms with E-state index < -0.39 is 6.10 Å². The first-order valence-corrected chi connectivity index (χ1v) is 6.72. The molecule has 0 fully saturated rings. The summed E-state index contributed by atoms with van der Waals surface area (Å²) >= 11 is 3.42. The van der Waals surface area contributed by atoms with Crippen LogP contribution >= 0.6 is 15.9 Å². The topological polar surface area (TPSA) is 60.2 Å². The van der Waals surface area contributed by atoms with Crippen molar-refractivity contribution in [3.05, 3.63) is 46.0 Å². The third kappa shape index (κ3) is 3.20. The van der Waals surface area contributed by atoms with Crippen LogP contribution in [0.25, 0.3) is 0 Å². The van der Waals surface area contributed by atoms with Gasteiger partial charge in [-0.3, -0.25) is 9.67 Å². The number of aliphatic hydroxyl groups excluding tert-OH is 1. The van der Waals surface area contributed by atoms with E-state index in [0.29, 0.717) is 18.8 Å². The summed E-state index contributed by atoms with van der Waals surface area (Å²) in [5.74, 6) is 0. The predicted molar refractivity (Wildman–Crippen MR) is 74.8 cm³/mol. The Morgan fingerprint density at radius 1 is 1.42 bits per heavy atom. The molecule has 2 rings (SSSR count). The zero-order valence-corrected chi connectivity index (χ0v) is 12.5. The van der Waals surface area contributed by atoms with Gasteiger partial charge < -0.3 is 9.84 Å². The molecular weight excluding hydrogens is 310 g/mol. The first-order chi connectivity index (χ1) is 9.13. The van der Waals surface area contributed by atoms with Crippen LogP contribution in [0.1, 0.15) is 22.9 Å². The summed E-state index contributed by atoms with van der Waals surface area (Å²) in [6, 6.07) is 1.91. The first-order valence-electron chi connectivity index (χ1n) is 5.93. The summed E-state index contributed by atoms with van der Waals surface area (Å²) in [5, 5.41) is 14.7. The van der Waals surface area contributed by atoms with Gasteiger partial charge in [-0.05, 0) is 28.4 Å². The highest BCUT2D eigenvalue weighted by molar-refractivity contribution is 9.10. The highest BCUT2D eigenvalue weighted by Gasteiger charge is 2.19. The Labute approximate surface area is 120 Å². The Hall–Kier alpha value is -1.24. The Balaban J connectivity index is 2.32. The number of nitrogens with zero attached hydrogens (tertiary/aromatic N) is 3. The van der Waals surface area contributed by atoms with E-state index in [9.17, 15) is 5.11 Å². The van der Waals surface area contributed by atoms with Crippen molar-refractivity contribution in [2.24, 2.45) is 0 Å². The fraction of sp³-hybridized carbons (Fsp3) is 0.385. The molecule has 5 nitrogen and oxygen atoms in total. The fourth-order valence-electron chi connectivity index (χ4n) is 1.89. The lowest BCUT2D eigenvalue weighted by atomic mass is 10.1. The third-order valence-corrected chi connectivity index (χ3v) is 3.42. The van der Waals surface area contributed by atoms with Crippen molar-refractivity contribution in [1.29, 1.82) is 0 Å². The maximum Gasteiger partial charge on any atom is 0.123 e. The molecular formula is C13H16BrN3O2. The number of hydrogen-bond acceptors (Lipinski definition) is 4. The van der Waals surface area contributed by atoms with Gasteiger partial charge in [-0.2, -0.15) is 5.10 Å². The average Bonchev–Trinajstić information content (AvgIpc) is 2.76. The van der Waals surface area contributed by atoms with Gasteiger partial charge in [-0.1, -0.05) is 6.07 Å². The number of pyridine rings is 1. The summed E-state index contributed by atoms with van der Waals surface area (Å²) in [7, 11) is 1.64. The van der Waals surface area contributed by atoms with Gasteiger partial charge in [0, 0.05) is 25.1 Å². The smallest absolute Gasteiger partial charge is 0.123 e. The van der Waals surface area contributed by atoms with E-state index in [1.165, 1.54) is 0 Å². The Kier molecular flexibility index (Phi) is 4.68. The van der Waals surface area contributed by atoms with E-state index in [4.69, 9.17) is 4.74 Å². The molecule has 0 amide bonds. The van der Waals surface area contributed by atoms with Crippen LogP contribution in [0.15, 0.2) is 29.1 Å². The Bertz CT molecular complexity index is 557. The van der Waals surface area contributed by atoms with Gasteiger partial charge >= 0.3 is 0 Å². The van der Waals surface area contributed by atoms with Crippen molar-refractivity contribution in [1.82, 2.24) is 14.8 Å². The number of aryl methyl sites for hydroxylation is 1. The maximum atomic E-state index is 10.5. The van der Waals surface area contributed by atoms with Crippen LogP contribution in [-0.4, -0.2) is 33.6 Å². The van der Waals surface area contributed by atoms with Crippen LogP contribution in [0.5, 0.6) is 0 Å². The number of hydrogen-bond donors (Lipinski definition) is 1.